The first-order valence-corrected chi connectivity index (χ1v) is 9.17. The number of aliphatic imine (C=N–C) groups is 1. The lowest BCUT2D eigenvalue weighted by Gasteiger charge is -2.12. The molecule has 0 aliphatic rings. The highest BCUT2D eigenvalue weighted by Crippen LogP contribution is 2.15. The van der Waals surface area contributed by atoms with Crippen LogP contribution in [-0.4, -0.2) is 31.5 Å². The quantitative estimate of drug-likeness (QED) is 0.378. The zero-order valence-electron chi connectivity index (χ0n) is 15.0. The summed E-state index contributed by atoms with van der Waals surface area (Å²) in [5.74, 6) is 0.687. The highest BCUT2D eigenvalue weighted by molar-refractivity contribution is 6.31. The van der Waals surface area contributed by atoms with E-state index in [0.29, 0.717) is 25.2 Å². The van der Waals surface area contributed by atoms with Crippen molar-refractivity contribution in [2.45, 2.75) is 19.9 Å². The van der Waals surface area contributed by atoms with Crippen LogP contribution >= 0.6 is 11.6 Å². The molecule has 26 heavy (non-hydrogen) atoms. The molecule has 3 N–H and O–H groups in total. The number of rotatable bonds is 8. The van der Waals surface area contributed by atoms with Crippen LogP contribution in [-0.2, 0) is 6.54 Å². The predicted octanol–water partition coefficient (Wildman–Crippen LogP) is 3.22. The number of hydrogen-bond donors (Lipinski definition) is 3. The van der Waals surface area contributed by atoms with Crippen molar-refractivity contribution in [3.8, 4) is 0 Å². The number of carbonyl (C=O) groups excluding carboxylic acids is 1. The van der Waals surface area contributed by atoms with Crippen molar-refractivity contribution in [2.75, 3.05) is 19.6 Å². The Balaban J connectivity index is 1.73. The Morgan fingerprint density at radius 3 is 2.38 bits per heavy atom. The number of guanidine groups is 1. The molecule has 2 aromatic carbocycles. The summed E-state index contributed by atoms with van der Waals surface area (Å²) in [5.41, 5.74) is 1.66. The van der Waals surface area contributed by atoms with Gasteiger partial charge in [0.15, 0.2) is 5.96 Å². The Labute approximate surface area is 159 Å². The third-order valence-electron chi connectivity index (χ3n) is 3.68. The summed E-state index contributed by atoms with van der Waals surface area (Å²) in [7, 11) is 0. The van der Waals surface area contributed by atoms with Gasteiger partial charge >= 0.3 is 0 Å². The molecule has 0 spiro atoms. The van der Waals surface area contributed by atoms with Gasteiger partial charge in [-0.15, -0.1) is 0 Å². The Hall–Kier alpha value is -2.53. The van der Waals surface area contributed by atoms with Crippen LogP contribution in [0.4, 0.5) is 0 Å². The van der Waals surface area contributed by atoms with Gasteiger partial charge < -0.3 is 16.0 Å². The molecule has 0 bridgehead atoms. The van der Waals surface area contributed by atoms with E-state index in [0.717, 1.165) is 29.5 Å². The lowest BCUT2D eigenvalue weighted by Crippen LogP contribution is -2.38. The molecule has 0 unspecified atom stereocenters. The van der Waals surface area contributed by atoms with Gasteiger partial charge in [-0.25, -0.2) is 4.99 Å². The van der Waals surface area contributed by atoms with E-state index in [1.165, 1.54) is 0 Å². The molecule has 2 aromatic rings. The van der Waals surface area contributed by atoms with Crippen molar-refractivity contribution < 1.29 is 4.79 Å². The van der Waals surface area contributed by atoms with Gasteiger partial charge in [-0.2, -0.15) is 0 Å². The first kappa shape index (κ1) is 19.8. The maximum absolute atomic E-state index is 12.0. The molecule has 138 valence electrons. The predicted molar refractivity (Wildman–Crippen MR) is 108 cm³/mol. The molecule has 0 atom stereocenters. The highest BCUT2D eigenvalue weighted by atomic mass is 35.5. The van der Waals surface area contributed by atoms with Crippen molar-refractivity contribution >= 4 is 23.5 Å². The van der Waals surface area contributed by atoms with Crippen LogP contribution in [0.25, 0.3) is 0 Å². The molecule has 0 saturated carbocycles. The fourth-order valence-electron chi connectivity index (χ4n) is 2.32. The second kappa shape index (κ2) is 11.2. The van der Waals surface area contributed by atoms with E-state index in [4.69, 9.17) is 11.6 Å². The molecule has 6 heteroatoms. The van der Waals surface area contributed by atoms with Crippen LogP contribution in [0.15, 0.2) is 59.6 Å². The highest BCUT2D eigenvalue weighted by Gasteiger charge is 2.03. The first-order chi connectivity index (χ1) is 12.7. The monoisotopic (exact) mass is 372 g/mol. The van der Waals surface area contributed by atoms with Crippen LogP contribution in [0, 0.1) is 0 Å². The van der Waals surface area contributed by atoms with Crippen LogP contribution in [0.1, 0.15) is 29.3 Å². The van der Waals surface area contributed by atoms with E-state index >= 15 is 0 Å². The molecule has 0 aromatic heterocycles. The minimum Gasteiger partial charge on any atom is -0.357 e. The van der Waals surface area contributed by atoms with Gasteiger partial charge in [-0.1, -0.05) is 48.0 Å². The number of benzene rings is 2. The maximum atomic E-state index is 12.0. The Morgan fingerprint density at radius 2 is 1.65 bits per heavy atom. The van der Waals surface area contributed by atoms with E-state index in [1.54, 1.807) is 12.1 Å². The van der Waals surface area contributed by atoms with Crippen LogP contribution in [0.3, 0.4) is 0 Å². The summed E-state index contributed by atoms with van der Waals surface area (Å²) in [6.45, 7) is 4.62. The summed E-state index contributed by atoms with van der Waals surface area (Å²) < 4.78 is 0. The van der Waals surface area contributed by atoms with Crippen molar-refractivity contribution in [2.24, 2.45) is 4.99 Å². The molecule has 0 radical (unpaired) electrons. The Morgan fingerprint density at radius 1 is 0.962 bits per heavy atom. The standard InChI is InChI=1S/C20H25ClN4O/c1-2-22-20(25-15-17-11-6-7-12-18(17)21)24-14-8-13-23-19(26)16-9-4-3-5-10-16/h3-7,9-12H,2,8,13-15H2,1H3,(H,23,26)(H2,22,24,25). The smallest absolute Gasteiger partial charge is 0.251 e. The van der Waals surface area contributed by atoms with E-state index in [1.807, 2.05) is 49.4 Å². The summed E-state index contributed by atoms with van der Waals surface area (Å²) in [4.78, 5) is 16.5. The normalized spacial score (nSPS) is 11.1. The van der Waals surface area contributed by atoms with Crippen molar-refractivity contribution in [1.29, 1.82) is 0 Å². The summed E-state index contributed by atoms with van der Waals surface area (Å²) in [5, 5.41) is 10.1. The van der Waals surface area contributed by atoms with Gasteiger partial charge in [0, 0.05) is 30.2 Å². The number of hydrogen-bond acceptors (Lipinski definition) is 2. The molecule has 0 aliphatic carbocycles. The number of nitrogens with one attached hydrogen (secondary N) is 3. The van der Waals surface area contributed by atoms with Gasteiger partial charge in [0.2, 0.25) is 0 Å². The molecule has 5 nitrogen and oxygen atoms in total. The zero-order chi connectivity index (χ0) is 18.6. The third-order valence-corrected chi connectivity index (χ3v) is 4.05. The van der Waals surface area contributed by atoms with E-state index in [2.05, 4.69) is 20.9 Å². The SMILES string of the molecule is CCNC(=NCc1ccccc1Cl)NCCCNC(=O)c1ccccc1. The minimum atomic E-state index is -0.0510. The van der Waals surface area contributed by atoms with Gasteiger partial charge in [-0.05, 0) is 37.1 Å². The van der Waals surface area contributed by atoms with E-state index < -0.39 is 0 Å². The fourth-order valence-corrected chi connectivity index (χ4v) is 2.52. The van der Waals surface area contributed by atoms with Crippen LogP contribution in [0.5, 0.6) is 0 Å². The lowest BCUT2D eigenvalue weighted by molar-refractivity contribution is 0.0953. The second-order valence-electron chi connectivity index (χ2n) is 5.69. The number of halogens is 1. The van der Waals surface area contributed by atoms with E-state index in [-0.39, 0.29) is 5.91 Å². The molecule has 2 rings (SSSR count). The topological polar surface area (TPSA) is 65.5 Å². The molecule has 0 saturated heterocycles. The van der Waals surface area contributed by atoms with Gasteiger partial charge in [0.05, 0.1) is 6.54 Å². The fraction of sp³-hybridized carbons (Fsp3) is 0.300. The average molecular weight is 373 g/mol. The van der Waals surface area contributed by atoms with Gasteiger partial charge in [0.25, 0.3) is 5.91 Å². The summed E-state index contributed by atoms with van der Waals surface area (Å²) in [6, 6.07) is 16.9. The molecular formula is C20H25ClN4O. The molecular weight excluding hydrogens is 348 g/mol. The number of carbonyl (C=O) groups is 1. The molecule has 0 aliphatic heterocycles. The van der Waals surface area contributed by atoms with Crippen molar-refractivity contribution in [1.82, 2.24) is 16.0 Å². The Bertz CT molecular complexity index is 719. The lowest BCUT2D eigenvalue weighted by atomic mass is 10.2. The third kappa shape index (κ3) is 6.76. The van der Waals surface area contributed by atoms with Gasteiger partial charge in [-0.3, -0.25) is 4.79 Å². The van der Waals surface area contributed by atoms with Crippen LogP contribution in [0.2, 0.25) is 5.02 Å². The molecule has 0 fully saturated rings. The largest absolute Gasteiger partial charge is 0.357 e. The molecule has 1 amide bonds. The number of nitrogens with zero attached hydrogens (tertiary/aromatic N) is 1. The van der Waals surface area contributed by atoms with E-state index in [9.17, 15) is 4.79 Å². The summed E-state index contributed by atoms with van der Waals surface area (Å²) in [6.07, 6.45) is 0.801. The number of amides is 1. The van der Waals surface area contributed by atoms with Crippen molar-refractivity contribution in [3.05, 3.63) is 70.7 Å². The zero-order valence-corrected chi connectivity index (χ0v) is 15.7. The second-order valence-corrected chi connectivity index (χ2v) is 6.10. The summed E-state index contributed by atoms with van der Waals surface area (Å²) >= 11 is 6.16. The first-order valence-electron chi connectivity index (χ1n) is 8.79. The Kier molecular flexibility index (Phi) is 8.49. The minimum absolute atomic E-state index is 0.0510. The maximum Gasteiger partial charge on any atom is 0.251 e. The van der Waals surface area contributed by atoms with Crippen molar-refractivity contribution in [3.63, 3.8) is 0 Å². The van der Waals surface area contributed by atoms with Crippen LogP contribution < -0.4 is 16.0 Å². The van der Waals surface area contributed by atoms with Gasteiger partial charge in [0.1, 0.15) is 0 Å². The average Bonchev–Trinajstić information content (AvgIpc) is 2.67. The molecule has 0 heterocycles.